The maximum absolute atomic E-state index is 13.4. The standard InChI is InChI=1S/C57H83N6O38P/c1-21(69)60-26-13-29(93-52-43(81)40(78)46(54(99-52)90-20-68)97-50-34(61-22(2)70)38(76)36(74)31(17-66)95-50)30(16-65)94-49(26)96-45-39(77)42(80)51(98-53(45)89-19-67)88-12-10-59-47(82)24-6-3-23(4-7-24)5-8-25-27(71)14-57(55(83)84,100-44(25)35(73)28(72)15-64)101-102(86,87)91-18-32-37(75)41(79)48(92-32)63-11-9-33(58)62-56(63)85/h3-4,6-7,9,11,19-20,25-32,34-46,48-54,64-66,71-81H,5,8,10,12-18H2,1-2H3,(H,59,82)(H,60,69)(H,61,70)(H,83,84)(H,86,87)(H2,58,62,85)/t25-,26?,27-,28-,29+,30?,31?,32-,34?,35-,36-,37+,38-,39-,40-,41?,42?,43?,44?,45+,46+,48-,49-,50-,51-,52-,53?,54?,57-/m1/s1. The molecule has 6 fully saturated rings. The Hall–Kier alpha value is -6.13. The molecule has 2 aromatic rings. The largest absolute Gasteiger partial charge is 0.477 e. The van der Waals surface area contributed by atoms with Crippen LogP contribution in [0.15, 0.2) is 41.3 Å². The van der Waals surface area contributed by atoms with Crippen molar-refractivity contribution in [3.05, 3.63) is 58.1 Å². The van der Waals surface area contributed by atoms with Crippen LogP contribution < -0.4 is 27.4 Å². The van der Waals surface area contributed by atoms with Gasteiger partial charge in [-0.25, -0.2) is 18.7 Å². The van der Waals surface area contributed by atoms with E-state index in [1.54, 1.807) is 0 Å². The molecule has 45 heteroatoms. The highest BCUT2D eigenvalue weighted by molar-refractivity contribution is 7.47. The molecule has 0 saturated carbocycles. The minimum Gasteiger partial charge on any atom is -0.477 e. The first-order valence-corrected chi connectivity index (χ1v) is 33.0. The summed E-state index contributed by atoms with van der Waals surface area (Å²) in [6.45, 7) is -2.81. The molecular weight excluding hydrogens is 1410 g/mol. The van der Waals surface area contributed by atoms with Crippen molar-refractivity contribution in [1.29, 1.82) is 0 Å². The molecule has 44 nitrogen and oxygen atoms in total. The Morgan fingerprint density at radius 1 is 0.735 bits per heavy atom. The molecule has 574 valence electrons. The third kappa shape index (κ3) is 19.3. The molecule has 0 aliphatic carbocycles. The van der Waals surface area contributed by atoms with E-state index in [2.05, 4.69) is 20.9 Å². The lowest BCUT2D eigenvalue weighted by atomic mass is 9.80. The highest BCUT2D eigenvalue weighted by atomic mass is 31.2. The quantitative estimate of drug-likeness (QED) is 0.0184. The number of anilines is 1. The van der Waals surface area contributed by atoms with Crippen LogP contribution in [0.4, 0.5) is 5.82 Å². The van der Waals surface area contributed by atoms with Crippen molar-refractivity contribution < 1.29 is 181 Å². The summed E-state index contributed by atoms with van der Waals surface area (Å²) in [6.07, 6.45) is -46.8. The molecule has 3 amide bonds. The first-order chi connectivity index (χ1) is 48.3. The van der Waals surface area contributed by atoms with Gasteiger partial charge in [-0.05, 0) is 36.6 Å². The monoisotopic (exact) mass is 1490 g/mol. The van der Waals surface area contributed by atoms with Crippen LogP contribution in [-0.4, -0.2) is 333 Å². The number of carbonyl (C=O) groups excluding carboxylic acids is 5. The van der Waals surface area contributed by atoms with Gasteiger partial charge in [-0.15, -0.1) is 0 Å². The first kappa shape index (κ1) is 81.5. The van der Waals surface area contributed by atoms with Crippen molar-refractivity contribution in [3.63, 3.8) is 0 Å². The summed E-state index contributed by atoms with van der Waals surface area (Å²) in [4.78, 5) is 101. The number of amides is 3. The number of aliphatic hydroxyl groups excluding tert-OH is 14. The Kier molecular flexibility index (Phi) is 28.6. The summed E-state index contributed by atoms with van der Waals surface area (Å²) >= 11 is 0. The molecule has 1 aromatic heterocycles. The van der Waals surface area contributed by atoms with Crippen LogP contribution in [0.25, 0.3) is 0 Å². The van der Waals surface area contributed by atoms with Gasteiger partial charge in [0.25, 0.3) is 24.6 Å². The number of nitrogen functional groups attached to an aromatic ring is 1. The van der Waals surface area contributed by atoms with Gasteiger partial charge in [0, 0.05) is 50.9 Å². The van der Waals surface area contributed by atoms with E-state index in [0.29, 0.717) is 5.56 Å². The fraction of sp³-hybridized carbons (Fsp3) is 0.719. The summed E-state index contributed by atoms with van der Waals surface area (Å²) in [5.41, 5.74) is 5.04. The first-order valence-electron chi connectivity index (χ1n) is 31.5. The van der Waals surface area contributed by atoms with Crippen LogP contribution in [0, 0.1) is 5.92 Å². The van der Waals surface area contributed by atoms with E-state index in [1.807, 2.05) is 0 Å². The predicted molar refractivity (Wildman–Crippen MR) is 321 cm³/mol. The van der Waals surface area contributed by atoms with Crippen LogP contribution >= 0.6 is 7.82 Å². The van der Waals surface area contributed by atoms with Gasteiger partial charge in [-0.2, -0.15) is 4.98 Å². The number of benzene rings is 1. The number of aliphatic carboxylic acids is 1. The molecule has 102 heavy (non-hydrogen) atoms. The lowest BCUT2D eigenvalue weighted by molar-refractivity contribution is -0.391. The number of carboxylic acid groups (broad SMARTS) is 1. The molecule has 7 heterocycles. The number of aliphatic hydroxyl groups is 14. The highest BCUT2D eigenvalue weighted by Crippen LogP contribution is 2.52. The Bertz CT molecular complexity index is 3240. The number of ether oxygens (including phenoxy) is 12. The van der Waals surface area contributed by atoms with Crippen molar-refractivity contribution in [1.82, 2.24) is 25.5 Å². The van der Waals surface area contributed by atoms with Crippen LogP contribution in [0.2, 0.25) is 0 Å². The summed E-state index contributed by atoms with van der Waals surface area (Å²) in [6, 6.07) is 3.97. The second kappa shape index (κ2) is 35.8. The van der Waals surface area contributed by atoms with Gasteiger partial charge in [0.2, 0.25) is 24.4 Å². The molecule has 0 radical (unpaired) electrons. The highest BCUT2D eigenvalue weighted by Gasteiger charge is 2.60. The Morgan fingerprint density at radius 2 is 1.33 bits per heavy atom. The smallest absolute Gasteiger partial charge is 0.475 e. The van der Waals surface area contributed by atoms with E-state index in [-0.39, 0.29) is 43.7 Å². The number of rotatable bonds is 32. The zero-order chi connectivity index (χ0) is 74.8. The molecule has 21 N–H and O–H groups in total. The summed E-state index contributed by atoms with van der Waals surface area (Å²) in [5.74, 6) is -9.05. The number of carbonyl (C=O) groups is 6. The van der Waals surface area contributed by atoms with Crippen molar-refractivity contribution >= 4 is 50.3 Å². The number of nitrogens with two attached hydrogens (primary N) is 1. The number of aromatic nitrogens is 2. The van der Waals surface area contributed by atoms with E-state index in [9.17, 15) is 120 Å². The van der Waals surface area contributed by atoms with Crippen molar-refractivity contribution in [2.24, 2.45) is 5.92 Å². The summed E-state index contributed by atoms with van der Waals surface area (Å²) in [5, 5.41) is 168. The maximum atomic E-state index is 13.4. The summed E-state index contributed by atoms with van der Waals surface area (Å²) in [7, 11) is -5.68. The third-order valence-corrected chi connectivity index (χ3v) is 18.4. The molecule has 6 aliphatic heterocycles. The average Bonchev–Trinajstić information content (AvgIpc) is 0.893. The van der Waals surface area contributed by atoms with Gasteiger partial charge in [0.15, 0.2) is 43.6 Å². The molecule has 1 aromatic carbocycles. The fourth-order valence-electron chi connectivity index (χ4n) is 12.2. The van der Waals surface area contributed by atoms with Crippen molar-refractivity contribution in [2.75, 3.05) is 45.3 Å². The van der Waals surface area contributed by atoms with Crippen LogP contribution in [0.3, 0.4) is 0 Å². The van der Waals surface area contributed by atoms with E-state index in [4.69, 9.17) is 71.6 Å². The van der Waals surface area contributed by atoms with Crippen LogP contribution in [-0.2, 0) is 101 Å². The molecular formula is C57H83N6O38P. The number of carboxylic acids is 1. The average molecular weight is 1490 g/mol. The van der Waals surface area contributed by atoms with E-state index in [0.717, 1.165) is 24.6 Å². The van der Waals surface area contributed by atoms with Gasteiger partial charge in [0.1, 0.15) is 91.2 Å². The summed E-state index contributed by atoms with van der Waals surface area (Å²) < 4.78 is 91.3. The lowest BCUT2D eigenvalue weighted by Crippen LogP contribution is -2.68. The molecule has 0 spiro atoms. The van der Waals surface area contributed by atoms with E-state index < -0.39 is 261 Å². The minimum absolute atomic E-state index is 0.00861. The number of phosphoric ester groups is 1. The Labute approximate surface area is 575 Å². The minimum atomic E-state index is -5.68. The SMILES string of the molecule is CC(=O)NC1C[C@H](O[C@@H]2OC(OC=O)[C@@H](O[C@H]3OC(CO)[C@@H](O)[C@H](O)C3NC(C)=O)[C@H](O)C2O)C(CO)O[C@@H]1O[C@@H]1C(OC=O)O[C@@H](OCCNC(=O)c2ccc(CC[C@H]3C([C@H](O)[C@H](O)CO)O[C@](OP(=O)(O)OC[C@H]4O[C@@H](n5ccc(N)nc5=O)C(O)[C@H]4O)(C(=O)O)C[C@H]3O)cc2)C(O)[C@H]1O. The zero-order valence-electron chi connectivity index (χ0n) is 53.9. The van der Waals surface area contributed by atoms with Gasteiger partial charge >= 0.3 is 19.5 Å². The number of aryl methyl sites for hydroxylation is 1. The van der Waals surface area contributed by atoms with E-state index >= 15 is 0 Å². The number of hydrogen-bond acceptors (Lipinski definition) is 38. The lowest BCUT2D eigenvalue weighted by Gasteiger charge is -2.48. The molecule has 30 atom stereocenters. The van der Waals surface area contributed by atoms with Gasteiger partial charge in [-0.3, -0.25) is 33.1 Å². The number of nitrogens with zero attached hydrogens (tertiary/aromatic N) is 2. The normalized spacial score (nSPS) is 38.3. The molecule has 8 rings (SSSR count). The Morgan fingerprint density at radius 3 is 1.92 bits per heavy atom. The molecule has 11 unspecified atom stereocenters. The van der Waals surface area contributed by atoms with Crippen molar-refractivity contribution in [3.8, 4) is 0 Å². The topological polar surface area (TPSA) is 669 Å². The van der Waals surface area contributed by atoms with Gasteiger partial charge < -0.3 is 160 Å². The van der Waals surface area contributed by atoms with Gasteiger partial charge in [0.05, 0.1) is 57.4 Å². The fourth-order valence-corrected chi connectivity index (χ4v) is 13.1. The van der Waals surface area contributed by atoms with Crippen LogP contribution in [0.5, 0.6) is 0 Å². The third-order valence-electron chi connectivity index (χ3n) is 17.4. The number of nitrogens with one attached hydrogen (secondary N) is 3. The molecule has 0 bridgehead atoms. The Balaban J connectivity index is 0.829. The molecule has 6 saturated heterocycles. The second-order valence-corrected chi connectivity index (χ2v) is 25.8. The van der Waals surface area contributed by atoms with E-state index in [1.165, 1.54) is 30.3 Å². The number of phosphoric acid groups is 1. The van der Waals surface area contributed by atoms with Crippen molar-refractivity contribution in [2.45, 2.75) is 211 Å². The molecule has 6 aliphatic rings. The maximum Gasteiger partial charge on any atom is 0.475 e. The second-order valence-electron chi connectivity index (χ2n) is 24.4. The number of hydrogen-bond donors (Lipinski definition) is 20. The predicted octanol–water partition coefficient (Wildman–Crippen LogP) is -10.9. The van der Waals surface area contributed by atoms with Gasteiger partial charge in [-0.1, -0.05) is 12.1 Å². The van der Waals surface area contributed by atoms with Crippen LogP contribution in [0.1, 0.15) is 55.3 Å². The zero-order valence-corrected chi connectivity index (χ0v) is 54.8.